The minimum Gasteiger partial charge on any atom is -0.478 e. The lowest BCUT2D eigenvalue weighted by Gasteiger charge is -2.34. The summed E-state index contributed by atoms with van der Waals surface area (Å²) >= 11 is 0. The van der Waals surface area contributed by atoms with Crippen LogP contribution >= 0.6 is 0 Å². The van der Waals surface area contributed by atoms with Gasteiger partial charge in [0, 0.05) is 25.2 Å². The van der Waals surface area contributed by atoms with Crippen LogP contribution in [0.2, 0.25) is 0 Å². The molecule has 6 nitrogen and oxygen atoms in total. The van der Waals surface area contributed by atoms with E-state index in [1.165, 1.54) is 18.2 Å². The molecule has 2 N–H and O–H groups in total. The standard InChI is InChI=1S/C20H21FN2O4/c21-17-4-2-1-3-16(17)18(23-9-11-27-12-10-23)19(24)22-13-14-5-7-15(8-6-14)20(25)26/h1-8,18H,9-13H2,(H,22,24)(H,25,26)/t18-/m1/s1. The Balaban J connectivity index is 1.74. The van der Waals surface area contributed by atoms with Gasteiger partial charge < -0.3 is 15.2 Å². The van der Waals surface area contributed by atoms with Crippen molar-refractivity contribution in [1.29, 1.82) is 0 Å². The number of aromatic carboxylic acids is 1. The lowest BCUT2D eigenvalue weighted by molar-refractivity contribution is -0.128. The fourth-order valence-electron chi connectivity index (χ4n) is 3.09. The van der Waals surface area contributed by atoms with E-state index >= 15 is 0 Å². The van der Waals surface area contributed by atoms with Crippen LogP contribution in [0, 0.1) is 5.82 Å². The highest BCUT2D eigenvalue weighted by molar-refractivity contribution is 5.87. The van der Waals surface area contributed by atoms with E-state index in [4.69, 9.17) is 9.84 Å². The van der Waals surface area contributed by atoms with Crippen LogP contribution < -0.4 is 5.32 Å². The molecule has 1 saturated heterocycles. The monoisotopic (exact) mass is 372 g/mol. The van der Waals surface area contributed by atoms with Crippen molar-refractivity contribution in [1.82, 2.24) is 10.2 Å². The van der Waals surface area contributed by atoms with E-state index < -0.39 is 17.8 Å². The molecule has 0 bridgehead atoms. The second-order valence-electron chi connectivity index (χ2n) is 6.29. The number of hydrogen-bond donors (Lipinski definition) is 2. The second-order valence-corrected chi connectivity index (χ2v) is 6.29. The predicted molar refractivity (Wildman–Crippen MR) is 96.8 cm³/mol. The summed E-state index contributed by atoms with van der Waals surface area (Å²) in [7, 11) is 0. The van der Waals surface area contributed by atoms with Crippen molar-refractivity contribution in [3.8, 4) is 0 Å². The fourth-order valence-corrected chi connectivity index (χ4v) is 3.09. The number of carboxylic acids is 1. The first kappa shape index (κ1) is 19.0. The zero-order chi connectivity index (χ0) is 19.2. The van der Waals surface area contributed by atoms with E-state index in [0.717, 1.165) is 5.56 Å². The molecule has 0 aromatic heterocycles. The van der Waals surface area contributed by atoms with E-state index in [9.17, 15) is 14.0 Å². The van der Waals surface area contributed by atoms with E-state index in [0.29, 0.717) is 31.9 Å². The number of carboxylic acid groups (broad SMARTS) is 1. The van der Waals surface area contributed by atoms with Crippen molar-refractivity contribution in [3.05, 3.63) is 71.0 Å². The summed E-state index contributed by atoms with van der Waals surface area (Å²) in [5.74, 6) is -1.73. The number of carbonyl (C=O) groups excluding carboxylic acids is 1. The van der Waals surface area contributed by atoms with Gasteiger partial charge in [0.25, 0.3) is 0 Å². The number of carbonyl (C=O) groups is 2. The second kappa shape index (κ2) is 8.75. The maximum Gasteiger partial charge on any atom is 0.335 e. The molecule has 2 aromatic rings. The molecule has 0 aliphatic carbocycles. The van der Waals surface area contributed by atoms with Gasteiger partial charge in [0.05, 0.1) is 18.8 Å². The first-order valence-corrected chi connectivity index (χ1v) is 8.72. The summed E-state index contributed by atoms with van der Waals surface area (Å²) in [6.07, 6.45) is 0. The molecule has 27 heavy (non-hydrogen) atoms. The van der Waals surface area contributed by atoms with Crippen LogP contribution in [0.15, 0.2) is 48.5 Å². The number of benzene rings is 2. The molecule has 1 aliphatic heterocycles. The van der Waals surface area contributed by atoms with E-state index in [2.05, 4.69) is 5.32 Å². The van der Waals surface area contributed by atoms with Crippen molar-refractivity contribution in [2.45, 2.75) is 12.6 Å². The molecule has 1 amide bonds. The van der Waals surface area contributed by atoms with Crippen LogP contribution in [0.3, 0.4) is 0 Å². The number of morpholine rings is 1. The van der Waals surface area contributed by atoms with Gasteiger partial charge in [0.2, 0.25) is 5.91 Å². The first-order chi connectivity index (χ1) is 13.1. The SMILES string of the molecule is O=C(O)c1ccc(CNC(=O)[C@@H](c2ccccc2F)N2CCOCC2)cc1. The van der Waals surface area contributed by atoms with Crippen molar-refractivity contribution in [3.63, 3.8) is 0 Å². The number of ether oxygens (including phenoxy) is 1. The van der Waals surface area contributed by atoms with Crippen LogP contribution in [-0.2, 0) is 16.1 Å². The molecular weight excluding hydrogens is 351 g/mol. The Morgan fingerprint density at radius 3 is 2.41 bits per heavy atom. The van der Waals surface area contributed by atoms with Gasteiger partial charge in [-0.05, 0) is 23.8 Å². The summed E-state index contributed by atoms with van der Waals surface area (Å²) in [6.45, 7) is 2.30. The molecule has 0 radical (unpaired) electrons. The minimum atomic E-state index is -1.00. The maximum atomic E-state index is 14.3. The van der Waals surface area contributed by atoms with Crippen LogP contribution in [0.1, 0.15) is 27.5 Å². The molecule has 7 heteroatoms. The number of amides is 1. The van der Waals surface area contributed by atoms with Gasteiger partial charge in [0.1, 0.15) is 11.9 Å². The Kier molecular flexibility index (Phi) is 6.16. The van der Waals surface area contributed by atoms with Crippen LogP contribution in [0.5, 0.6) is 0 Å². The molecule has 0 unspecified atom stereocenters. The molecule has 0 saturated carbocycles. The highest BCUT2D eigenvalue weighted by atomic mass is 19.1. The third-order valence-electron chi connectivity index (χ3n) is 4.53. The van der Waals surface area contributed by atoms with Gasteiger partial charge in [-0.3, -0.25) is 9.69 Å². The third kappa shape index (κ3) is 4.69. The Hall–Kier alpha value is -2.77. The number of rotatable bonds is 6. The number of nitrogens with zero attached hydrogens (tertiary/aromatic N) is 1. The molecular formula is C20H21FN2O4. The van der Waals surface area contributed by atoms with E-state index in [-0.39, 0.29) is 18.0 Å². The summed E-state index contributed by atoms with van der Waals surface area (Å²) < 4.78 is 19.7. The van der Waals surface area contributed by atoms with Crippen LogP contribution in [-0.4, -0.2) is 48.2 Å². The quantitative estimate of drug-likeness (QED) is 0.813. The zero-order valence-electron chi connectivity index (χ0n) is 14.7. The summed E-state index contributed by atoms with van der Waals surface area (Å²) in [5, 5.41) is 11.8. The Morgan fingerprint density at radius 2 is 1.78 bits per heavy atom. The molecule has 1 fully saturated rings. The lowest BCUT2D eigenvalue weighted by atomic mass is 10.0. The van der Waals surface area contributed by atoms with Gasteiger partial charge in [-0.25, -0.2) is 9.18 Å². The van der Waals surface area contributed by atoms with Gasteiger partial charge in [-0.15, -0.1) is 0 Å². The zero-order valence-corrected chi connectivity index (χ0v) is 14.7. The highest BCUT2D eigenvalue weighted by Crippen LogP contribution is 2.24. The molecule has 142 valence electrons. The van der Waals surface area contributed by atoms with E-state index in [1.54, 1.807) is 30.3 Å². The van der Waals surface area contributed by atoms with Gasteiger partial charge in [-0.2, -0.15) is 0 Å². The highest BCUT2D eigenvalue weighted by Gasteiger charge is 2.30. The Bertz CT molecular complexity index is 804. The third-order valence-corrected chi connectivity index (χ3v) is 4.53. The van der Waals surface area contributed by atoms with Crippen molar-refractivity contribution >= 4 is 11.9 Å². The van der Waals surface area contributed by atoms with Gasteiger partial charge >= 0.3 is 5.97 Å². The molecule has 1 atom stereocenters. The van der Waals surface area contributed by atoms with Gasteiger partial charge in [0.15, 0.2) is 0 Å². The first-order valence-electron chi connectivity index (χ1n) is 8.72. The van der Waals surface area contributed by atoms with Crippen molar-refractivity contribution in [2.24, 2.45) is 0 Å². The largest absolute Gasteiger partial charge is 0.478 e. The Morgan fingerprint density at radius 1 is 1.11 bits per heavy atom. The summed E-state index contributed by atoms with van der Waals surface area (Å²) in [4.78, 5) is 25.7. The number of hydrogen-bond acceptors (Lipinski definition) is 4. The number of nitrogens with one attached hydrogen (secondary N) is 1. The predicted octanol–water partition coefficient (Wildman–Crippen LogP) is 2.21. The van der Waals surface area contributed by atoms with Crippen molar-refractivity contribution < 1.29 is 23.8 Å². The summed E-state index contributed by atoms with van der Waals surface area (Å²) in [5.41, 5.74) is 1.28. The minimum absolute atomic E-state index is 0.183. The van der Waals surface area contributed by atoms with Gasteiger partial charge in [-0.1, -0.05) is 30.3 Å². The normalized spacial score (nSPS) is 15.9. The topological polar surface area (TPSA) is 78.9 Å². The lowest BCUT2D eigenvalue weighted by Crippen LogP contribution is -2.46. The van der Waals surface area contributed by atoms with Crippen LogP contribution in [0.4, 0.5) is 4.39 Å². The Labute approximate surface area is 156 Å². The fraction of sp³-hybridized carbons (Fsp3) is 0.300. The number of halogens is 1. The molecule has 3 rings (SSSR count). The molecule has 1 heterocycles. The maximum absolute atomic E-state index is 14.3. The molecule has 1 aliphatic rings. The van der Waals surface area contributed by atoms with Crippen LogP contribution in [0.25, 0.3) is 0 Å². The van der Waals surface area contributed by atoms with E-state index in [1.807, 2.05) is 4.90 Å². The molecule has 2 aromatic carbocycles. The average molecular weight is 372 g/mol. The van der Waals surface area contributed by atoms with Crippen molar-refractivity contribution in [2.75, 3.05) is 26.3 Å². The summed E-state index contributed by atoms with van der Waals surface area (Å²) in [6, 6.07) is 11.8. The smallest absolute Gasteiger partial charge is 0.335 e. The average Bonchev–Trinajstić information content (AvgIpc) is 2.69. The molecule has 0 spiro atoms.